The molecule has 0 N–H and O–H groups in total. The summed E-state index contributed by atoms with van der Waals surface area (Å²) in [7, 11) is 1.58. The molecule has 0 aliphatic carbocycles. The summed E-state index contributed by atoms with van der Waals surface area (Å²) in [6.45, 7) is 3.55. The van der Waals surface area contributed by atoms with Crippen LogP contribution in [0.1, 0.15) is 17.3 Å². The Morgan fingerprint density at radius 2 is 1.76 bits per heavy atom. The van der Waals surface area contributed by atoms with E-state index >= 15 is 0 Å². The van der Waals surface area contributed by atoms with E-state index in [0.29, 0.717) is 11.3 Å². The number of rotatable bonds is 4. The van der Waals surface area contributed by atoms with Gasteiger partial charge in [-0.05, 0) is 37.3 Å². The van der Waals surface area contributed by atoms with Crippen molar-refractivity contribution in [3.05, 3.63) is 54.1 Å². The van der Waals surface area contributed by atoms with Gasteiger partial charge in [0, 0.05) is 9.79 Å². The zero-order chi connectivity index (χ0) is 15.1. The maximum Gasteiger partial charge on any atom is 0.163 e. The Hall–Kier alpha value is -1.78. The average molecular weight is 302 g/mol. The van der Waals surface area contributed by atoms with Gasteiger partial charge in [-0.2, -0.15) is 0 Å². The summed E-state index contributed by atoms with van der Waals surface area (Å²) in [5, 5.41) is 0. The summed E-state index contributed by atoms with van der Waals surface area (Å²) in [6, 6.07) is 15.7. The fourth-order valence-electron chi connectivity index (χ4n) is 1.65. The van der Waals surface area contributed by atoms with Crippen molar-refractivity contribution in [2.75, 3.05) is 20.3 Å². The smallest absolute Gasteiger partial charge is 0.163 e. The molecule has 2 aromatic rings. The normalized spacial score (nSPS) is 12.1. The number of carbonyl (C=O) groups excluding carboxylic acids is 1. The molecule has 1 fully saturated rings. The lowest BCUT2D eigenvalue weighted by Crippen LogP contribution is -1.97. The van der Waals surface area contributed by atoms with Crippen LogP contribution in [0.4, 0.5) is 0 Å². The third kappa shape index (κ3) is 5.25. The van der Waals surface area contributed by atoms with Crippen LogP contribution in [0.25, 0.3) is 0 Å². The van der Waals surface area contributed by atoms with Crippen LogP contribution >= 0.6 is 11.8 Å². The first-order valence-corrected chi connectivity index (χ1v) is 7.52. The minimum atomic E-state index is 0.0161. The van der Waals surface area contributed by atoms with Crippen LogP contribution < -0.4 is 4.74 Å². The van der Waals surface area contributed by atoms with Crippen LogP contribution in [-0.4, -0.2) is 26.1 Å². The molecule has 1 aliphatic heterocycles. The number of ether oxygens (including phenoxy) is 2. The van der Waals surface area contributed by atoms with E-state index in [-0.39, 0.29) is 5.78 Å². The first kappa shape index (κ1) is 15.6. The van der Waals surface area contributed by atoms with E-state index in [9.17, 15) is 4.79 Å². The van der Waals surface area contributed by atoms with Crippen molar-refractivity contribution in [1.29, 1.82) is 0 Å². The molecule has 0 saturated carbocycles. The van der Waals surface area contributed by atoms with Gasteiger partial charge in [-0.3, -0.25) is 4.79 Å². The highest BCUT2D eigenvalue weighted by Crippen LogP contribution is 2.31. The first-order valence-electron chi connectivity index (χ1n) is 6.70. The quantitative estimate of drug-likeness (QED) is 0.630. The number of Topliss-reactive ketones (excluding diaryl/α,β-unsaturated/α-hetero) is 1. The second kappa shape index (κ2) is 7.86. The van der Waals surface area contributed by atoms with Crippen LogP contribution in [0.3, 0.4) is 0 Å². The number of epoxide rings is 1. The van der Waals surface area contributed by atoms with Crippen molar-refractivity contribution in [3.8, 4) is 5.75 Å². The Labute approximate surface area is 129 Å². The lowest BCUT2D eigenvalue weighted by atomic mass is 10.1. The Morgan fingerprint density at radius 3 is 2.29 bits per heavy atom. The van der Waals surface area contributed by atoms with E-state index in [2.05, 4.69) is 4.74 Å². The molecule has 0 spiro atoms. The number of benzene rings is 2. The number of ketones is 1. The molecular formula is C17H18O3S. The average Bonchev–Trinajstić information content (AvgIpc) is 3.37. The van der Waals surface area contributed by atoms with Gasteiger partial charge >= 0.3 is 0 Å². The van der Waals surface area contributed by atoms with E-state index in [1.54, 1.807) is 25.8 Å². The topological polar surface area (TPSA) is 38.8 Å². The standard InChI is InChI=1S/C15H14O2S.C2H4O/c1-11(16)14-10-13(8-9-15(14)17-2)18-12-6-4-3-5-7-12;1-2-3-1/h3-10H,1-2H3;1-2H2. The largest absolute Gasteiger partial charge is 0.496 e. The summed E-state index contributed by atoms with van der Waals surface area (Å²) in [5.41, 5.74) is 0.624. The first-order chi connectivity index (χ1) is 10.2. The number of hydrogen-bond acceptors (Lipinski definition) is 4. The Balaban J connectivity index is 0.000000477. The van der Waals surface area contributed by atoms with Crippen LogP contribution in [0.2, 0.25) is 0 Å². The maximum atomic E-state index is 11.5. The van der Waals surface area contributed by atoms with E-state index in [4.69, 9.17) is 4.74 Å². The summed E-state index contributed by atoms with van der Waals surface area (Å²) < 4.78 is 9.68. The predicted octanol–water partition coefficient (Wildman–Crippen LogP) is 4.07. The van der Waals surface area contributed by atoms with Gasteiger partial charge in [-0.1, -0.05) is 30.0 Å². The molecule has 0 amide bonds. The molecule has 1 saturated heterocycles. The summed E-state index contributed by atoms with van der Waals surface area (Å²) >= 11 is 1.63. The molecule has 3 nitrogen and oxygen atoms in total. The molecule has 0 unspecified atom stereocenters. The maximum absolute atomic E-state index is 11.5. The SMILES string of the molecule is C1CO1.COc1ccc(Sc2ccccc2)cc1C(C)=O. The van der Waals surface area contributed by atoms with E-state index in [1.807, 2.05) is 48.5 Å². The number of methoxy groups -OCH3 is 1. The molecule has 3 rings (SSSR count). The predicted molar refractivity (Wildman–Crippen MR) is 84.4 cm³/mol. The fourth-order valence-corrected chi connectivity index (χ4v) is 2.53. The Kier molecular flexibility index (Phi) is 5.84. The van der Waals surface area contributed by atoms with E-state index in [1.165, 1.54) is 0 Å². The molecule has 0 bridgehead atoms. The van der Waals surface area contributed by atoms with Gasteiger partial charge in [0.2, 0.25) is 0 Å². The van der Waals surface area contributed by atoms with Gasteiger partial charge in [-0.15, -0.1) is 0 Å². The molecule has 1 heterocycles. The van der Waals surface area contributed by atoms with Crippen molar-refractivity contribution >= 4 is 17.5 Å². The third-order valence-electron chi connectivity index (χ3n) is 2.73. The number of carbonyl (C=O) groups is 1. The lowest BCUT2D eigenvalue weighted by molar-refractivity contribution is 0.101. The van der Waals surface area contributed by atoms with Gasteiger partial charge in [0.15, 0.2) is 5.78 Å². The minimum Gasteiger partial charge on any atom is -0.496 e. The molecule has 0 atom stereocenters. The summed E-state index contributed by atoms with van der Waals surface area (Å²) in [4.78, 5) is 13.7. The van der Waals surface area contributed by atoms with Gasteiger partial charge in [0.1, 0.15) is 5.75 Å². The molecule has 0 aromatic heterocycles. The highest BCUT2D eigenvalue weighted by Gasteiger charge is 2.09. The fraction of sp³-hybridized carbons (Fsp3) is 0.235. The van der Waals surface area contributed by atoms with E-state index < -0.39 is 0 Å². The van der Waals surface area contributed by atoms with Crippen LogP contribution in [0.5, 0.6) is 5.75 Å². The second-order valence-electron chi connectivity index (χ2n) is 4.45. The van der Waals surface area contributed by atoms with Crippen LogP contribution in [0, 0.1) is 0 Å². The second-order valence-corrected chi connectivity index (χ2v) is 5.59. The summed E-state index contributed by atoms with van der Waals surface area (Å²) in [5.74, 6) is 0.641. The van der Waals surface area contributed by atoms with Gasteiger partial charge < -0.3 is 9.47 Å². The minimum absolute atomic E-state index is 0.0161. The molecule has 21 heavy (non-hydrogen) atoms. The van der Waals surface area contributed by atoms with Crippen LogP contribution in [-0.2, 0) is 4.74 Å². The highest BCUT2D eigenvalue weighted by molar-refractivity contribution is 7.99. The number of hydrogen-bond donors (Lipinski definition) is 0. The summed E-state index contributed by atoms with van der Waals surface area (Å²) in [6.07, 6.45) is 0. The molecular weight excluding hydrogens is 284 g/mol. The van der Waals surface area contributed by atoms with Crippen molar-refractivity contribution in [2.45, 2.75) is 16.7 Å². The monoisotopic (exact) mass is 302 g/mol. The zero-order valence-electron chi connectivity index (χ0n) is 12.2. The molecule has 110 valence electrons. The zero-order valence-corrected chi connectivity index (χ0v) is 13.0. The van der Waals surface area contributed by atoms with Crippen molar-refractivity contribution < 1.29 is 14.3 Å². The Morgan fingerprint density at radius 1 is 1.10 bits per heavy atom. The lowest BCUT2D eigenvalue weighted by Gasteiger charge is -2.08. The highest BCUT2D eigenvalue weighted by atomic mass is 32.2. The molecule has 0 radical (unpaired) electrons. The van der Waals surface area contributed by atoms with Gasteiger partial charge in [0.05, 0.1) is 25.9 Å². The van der Waals surface area contributed by atoms with Crippen LogP contribution in [0.15, 0.2) is 58.3 Å². The van der Waals surface area contributed by atoms with Gasteiger partial charge in [0.25, 0.3) is 0 Å². The molecule has 4 heteroatoms. The van der Waals surface area contributed by atoms with Gasteiger partial charge in [-0.25, -0.2) is 0 Å². The van der Waals surface area contributed by atoms with Crippen molar-refractivity contribution in [2.24, 2.45) is 0 Å². The van der Waals surface area contributed by atoms with Crippen molar-refractivity contribution in [3.63, 3.8) is 0 Å². The molecule has 1 aliphatic rings. The third-order valence-corrected chi connectivity index (χ3v) is 3.73. The molecule has 2 aromatic carbocycles. The van der Waals surface area contributed by atoms with E-state index in [0.717, 1.165) is 23.0 Å². The van der Waals surface area contributed by atoms with Crippen molar-refractivity contribution in [1.82, 2.24) is 0 Å². The Bertz CT molecular complexity index is 591.